The van der Waals surface area contributed by atoms with Crippen molar-refractivity contribution in [3.05, 3.63) is 51.7 Å². The highest BCUT2D eigenvalue weighted by molar-refractivity contribution is 7.10. The van der Waals surface area contributed by atoms with Gasteiger partial charge in [-0.2, -0.15) is 0 Å². The lowest BCUT2D eigenvalue weighted by molar-refractivity contribution is -0.123. The van der Waals surface area contributed by atoms with Gasteiger partial charge >= 0.3 is 0 Å². The fraction of sp³-hybridized carbons (Fsp3) is 0.312. The lowest BCUT2D eigenvalue weighted by Crippen LogP contribution is -2.49. The Balaban J connectivity index is 2.08. The van der Waals surface area contributed by atoms with E-state index < -0.39 is 5.54 Å². The van der Waals surface area contributed by atoms with Crippen molar-refractivity contribution in [2.75, 3.05) is 5.32 Å². The molecule has 2 aromatic rings. The second-order valence-corrected chi connectivity index (χ2v) is 6.32. The summed E-state index contributed by atoms with van der Waals surface area (Å²) < 4.78 is 0. The second-order valence-electron chi connectivity index (χ2n) is 5.32. The van der Waals surface area contributed by atoms with Crippen LogP contribution in [0.25, 0.3) is 0 Å². The van der Waals surface area contributed by atoms with Gasteiger partial charge in [-0.05, 0) is 49.3 Å². The van der Waals surface area contributed by atoms with Gasteiger partial charge < -0.3 is 11.1 Å². The number of carbonyl (C=O) groups is 1. The molecule has 20 heavy (non-hydrogen) atoms. The minimum Gasteiger partial charge on any atom is -0.367 e. The summed E-state index contributed by atoms with van der Waals surface area (Å²) in [6.07, 6.45) is 2.77. The molecular formula is C16H18N2OS. The lowest BCUT2D eigenvalue weighted by atomic mass is 9.79. The first-order chi connectivity index (χ1) is 9.63. The van der Waals surface area contributed by atoms with Crippen LogP contribution >= 0.6 is 11.3 Å². The van der Waals surface area contributed by atoms with Crippen LogP contribution in [0.2, 0.25) is 0 Å². The Morgan fingerprint density at radius 3 is 2.90 bits per heavy atom. The van der Waals surface area contributed by atoms with Crippen LogP contribution in [0.4, 0.5) is 5.69 Å². The van der Waals surface area contributed by atoms with E-state index in [1.54, 1.807) is 11.3 Å². The molecule has 1 atom stereocenters. The molecule has 0 radical (unpaired) electrons. The van der Waals surface area contributed by atoms with E-state index in [2.05, 4.69) is 5.32 Å². The quantitative estimate of drug-likeness (QED) is 0.910. The highest BCUT2D eigenvalue weighted by atomic mass is 32.1. The monoisotopic (exact) mass is 286 g/mol. The Bertz CT molecular complexity index is 649. The third kappa shape index (κ3) is 2.00. The van der Waals surface area contributed by atoms with E-state index in [0.717, 1.165) is 36.1 Å². The summed E-state index contributed by atoms with van der Waals surface area (Å²) in [6.45, 7) is 2.04. The largest absolute Gasteiger partial charge is 0.367 e. The Morgan fingerprint density at radius 1 is 1.35 bits per heavy atom. The number of aryl methyl sites for hydroxylation is 2. The molecule has 0 saturated heterocycles. The number of fused-ring (bicyclic) bond motifs is 1. The predicted molar refractivity (Wildman–Crippen MR) is 82.9 cm³/mol. The van der Waals surface area contributed by atoms with E-state index in [4.69, 9.17) is 5.73 Å². The van der Waals surface area contributed by atoms with Gasteiger partial charge in [-0.15, -0.1) is 11.3 Å². The fourth-order valence-electron chi connectivity index (χ4n) is 2.95. The van der Waals surface area contributed by atoms with Crippen molar-refractivity contribution >= 4 is 22.9 Å². The molecule has 0 aliphatic heterocycles. The maximum atomic E-state index is 12.2. The smallest absolute Gasteiger partial charge is 0.247 e. The van der Waals surface area contributed by atoms with Crippen LogP contribution < -0.4 is 11.1 Å². The third-order valence-electron chi connectivity index (χ3n) is 4.07. The number of nitrogens with one attached hydrogen (secondary N) is 1. The van der Waals surface area contributed by atoms with E-state index in [0.29, 0.717) is 0 Å². The van der Waals surface area contributed by atoms with Crippen LogP contribution in [-0.2, 0) is 16.8 Å². The van der Waals surface area contributed by atoms with E-state index in [1.807, 2.05) is 42.6 Å². The van der Waals surface area contributed by atoms with Gasteiger partial charge in [0.2, 0.25) is 5.91 Å². The molecule has 1 amide bonds. The number of hydrogen-bond acceptors (Lipinski definition) is 3. The molecule has 1 aromatic carbocycles. The molecule has 3 nitrogen and oxygen atoms in total. The van der Waals surface area contributed by atoms with Crippen molar-refractivity contribution in [3.63, 3.8) is 0 Å². The standard InChI is InChI=1S/C16H18N2OS/c1-11-5-2-3-6-13(11)18-16(15(17)19)9-4-7-14-12(16)8-10-20-14/h2-3,5-6,8,10,18H,4,7,9H2,1H3,(H2,17,19). The Hall–Kier alpha value is -1.81. The van der Waals surface area contributed by atoms with Gasteiger partial charge in [-0.1, -0.05) is 18.2 Å². The molecule has 1 heterocycles. The average molecular weight is 286 g/mol. The maximum absolute atomic E-state index is 12.2. The molecule has 0 fully saturated rings. The molecule has 1 aliphatic carbocycles. The molecule has 0 spiro atoms. The number of nitrogens with two attached hydrogens (primary N) is 1. The van der Waals surface area contributed by atoms with Crippen molar-refractivity contribution in [1.82, 2.24) is 0 Å². The SMILES string of the molecule is Cc1ccccc1NC1(C(N)=O)CCCc2sccc21. The summed E-state index contributed by atoms with van der Waals surface area (Å²) in [7, 11) is 0. The van der Waals surface area contributed by atoms with E-state index >= 15 is 0 Å². The normalized spacial score (nSPS) is 21.2. The molecular weight excluding hydrogens is 268 g/mol. The highest BCUT2D eigenvalue weighted by Gasteiger charge is 2.42. The van der Waals surface area contributed by atoms with Gasteiger partial charge in [0.15, 0.2) is 0 Å². The van der Waals surface area contributed by atoms with E-state index in [-0.39, 0.29) is 5.91 Å². The van der Waals surface area contributed by atoms with Gasteiger partial charge in [0.1, 0.15) is 5.54 Å². The summed E-state index contributed by atoms with van der Waals surface area (Å²) in [5.74, 6) is -0.292. The zero-order chi connectivity index (χ0) is 14.2. The second kappa shape index (κ2) is 4.94. The molecule has 104 valence electrons. The number of hydrogen-bond donors (Lipinski definition) is 2. The van der Waals surface area contributed by atoms with Crippen LogP contribution in [0, 0.1) is 6.92 Å². The Kier molecular flexibility index (Phi) is 3.26. The third-order valence-corrected chi connectivity index (χ3v) is 5.06. The zero-order valence-corrected chi connectivity index (χ0v) is 12.3. The summed E-state index contributed by atoms with van der Waals surface area (Å²) >= 11 is 1.71. The number of amides is 1. The molecule has 4 heteroatoms. The van der Waals surface area contributed by atoms with Crippen molar-refractivity contribution in [2.45, 2.75) is 31.7 Å². The number of primary amides is 1. The minimum atomic E-state index is -0.764. The van der Waals surface area contributed by atoms with Crippen LogP contribution in [0.5, 0.6) is 0 Å². The van der Waals surface area contributed by atoms with E-state index in [9.17, 15) is 4.79 Å². The molecule has 1 aliphatic rings. The first-order valence-corrected chi connectivity index (χ1v) is 7.72. The molecule has 0 bridgehead atoms. The Labute approximate surface area is 122 Å². The van der Waals surface area contributed by atoms with Crippen molar-refractivity contribution in [1.29, 1.82) is 0 Å². The summed E-state index contributed by atoms with van der Waals surface area (Å²) in [5.41, 5.74) is 8.17. The summed E-state index contributed by atoms with van der Waals surface area (Å²) in [4.78, 5) is 13.5. The predicted octanol–water partition coefficient (Wildman–Crippen LogP) is 3.19. The van der Waals surface area contributed by atoms with Crippen molar-refractivity contribution in [3.8, 4) is 0 Å². The van der Waals surface area contributed by atoms with Crippen molar-refractivity contribution < 1.29 is 4.79 Å². The summed E-state index contributed by atoms with van der Waals surface area (Å²) in [5, 5.41) is 5.49. The lowest BCUT2D eigenvalue weighted by Gasteiger charge is -2.36. The van der Waals surface area contributed by atoms with Crippen molar-refractivity contribution in [2.24, 2.45) is 5.73 Å². The maximum Gasteiger partial charge on any atom is 0.247 e. The average Bonchev–Trinajstić information content (AvgIpc) is 2.91. The molecule has 3 N–H and O–H groups in total. The van der Waals surface area contributed by atoms with Crippen LogP contribution in [0.15, 0.2) is 35.7 Å². The highest BCUT2D eigenvalue weighted by Crippen LogP contribution is 2.40. The minimum absolute atomic E-state index is 0.292. The number of rotatable bonds is 3. The van der Waals surface area contributed by atoms with Gasteiger partial charge in [0, 0.05) is 16.1 Å². The first kappa shape index (κ1) is 13.2. The number of anilines is 1. The molecule has 1 unspecified atom stereocenters. The number of para-hydroxylation sites is 1. The Morgan fingerprint density at radius 2 is 2.15 bits per heavy atom. The van der Waals surface area contributed by atoms with Gasteiger partial charge in [-0.3, -0.25) is 4.79 Å². The number of benzene rings is 1. The topological polar surface area (TPSA) is 55.1 Å². The summed E-state index contributed by atoms with van der Waals surface area (Å²) in [6, 6.07) is 10.0. The fourth-order valence-corrected chi connectivity index (χ4v) is 3.95. The van der Waals surface area contributed by atoms with Crippen LogP contribution in [-0.4, -0.2) is 5.91 Å². The number of thiophene rings is 1. The van der Waals surface area contributed by atoms with Gasteiger partial charge in [-0.25, -0.2) is 0 Å². The van der Waals surface area contributed by atoms with E-state index in [1.165, 1.54) is 4.88 Å². The molecule has 1 aromatic heterocycles. The van der Waals surface area contributed by atoms with Crippen LogP contribution in [0.3, 0.4) is 0 Å². The number of carbonyl (C=O) groups excluding carboxylic acids is 1. The van der Waals surface area contributed by atoms with Crippen LogP contribution in [0.1, 0.15) is 28.8 Å². The first-order valence-electron chi connectivity index (χ1n) is 6.84. The molecule has 3 rings (SSSR count). The molecule has 0 saturated carbocycles. The zero-order valence-electron chi connectivity index (χ0n) is 11.5. The van der Waals surface area contributed by atoms with Gasteiger partial charge in [0.05, 0.1) is 0 Å². The van der Waals surface area contributed by atoms with Gasteiger partial charge in [0.25, 0.3) is 0 Å².